The van der Waals surface area contributed by atoms with Crippen molar-refractivity contribution >= 4 is 98.9 Å². The molecule has 2 heteroatoms. The Morgan fingerprint density at radius 3 is 1.13 bits per heavy atom. The molecule has 0 aromatic heterocycles. The van der Waals surface area contributed by atoms with Gasteiger partial charge in [-0.2, -0.15) is 0 Å². The van der Waals surface area contributed by atoms with Crippen LogP contribution in [0, 0.1) is 0 Å². The van der Waals surface area contributed by atoms with Crippen LogP contribution in [-0.4, -0.2) is 0 Å². The Labute approximate surface area is 413 Å². The maximum absolute atomic E-state index is 2.51. The summed E-state index contributed by atoms with van der Waals surface area (Å²) in [6, 6.07) is 87.5. The minimum Gasteiger partial charge on any atom is -0.0888 e. The molecule has 0 unspecified atom stereocenters. The first-order valence-electron chi connectivity index (χ1n) is 24.1. The van der Waals surface area contributed by atoms with Gasteiger partial charge in [0, 0.05) is 30.4 Å². The van der Waals surface area contributed by atoms with Gasteiger partial charge in [0.1, 0.15) is 0 Å². The molecular weight excluding hydrogens is 881 g/mol. The summed E-state index contributed by atoms with van der Waals surface area (Å²) >= 11 is 3.78. The minimum absolute atomic E-state index is 1.22. The molecule has 322 valence electrons. The number of benzene rings is 14. The van der Waals surface area contributed by atoms with Crippen LogP contribution >= 0.6 is 23.5 Å². The average Bonchev–Trinajstić information content (AvgIpc) is 3.42. The lowest BCUT2D eigenvalue weighted by Crippen LogP contribution is -1.97. The van der Waals surface area contributed by atoms with E-state index in [1.165, 1.54) is 162 Å². The van der Waals surface area contributed by atoms with E-state index < -0.39 is 0 Å². The lowest BCUT2D eigenvalue weighted by atomic mass is 9.80. The highest BCUT2D eigenvalue weighted by atomic mass is 32.2. The van der Waals surface area contributed by atoms with Crippen molar-refractivity contribution in [2.24, 2.45) is 0 Å². The van der Waals surface area contributed by atoms with E-state index in [0.717, 1.165) is 0 Å². The van der Waals surface area contributed by atoms with Crippen LogP contribution in [0.3, 0.4) is 0 Å². The molecule has 0 fully saturated rings. The molecule has 16 rings (SSSR count). The molecule has 2 aliphatic rings. The van der Waals surface area contributed by atoms with Gasteiger partial charge in [0.15, 0.2) is 0 Å². The zero-order chi connectivity index (χ0) is 45.6. The van der Waals surface area contributed by atoms with E-state index in [2.05, 4.69) is 231 Å². The summed E-state index contributed by atoms with van der Waals surface area (Å²) in [5, 5.41) is 17.9. The molecule has 2 heterocycles. The predicted molar refractivity (Wildman–Crippen MR) is 301 cm³/mol. The minimum atomic E-state index is 1.22. The molecule has 0 nitrogen and oxygen atoms in total. The fourth-order valence-corrected chi connectivity index (χ4v) is 14.5. The second kappa shape index (κ2) is 14.7. The largest absolute Gasteiger partial charge is 0.0888 e. The Kier molecular flexibility index (Phi) is 8.14. The Morgan fingerprint density at radius 1 is 0.186 bits per heavy atom. The zero-order valence-electron chi connectivity index (χ0n) is 37.8. The molecular formula is C68H38S2. The SMILES string of the molecule is c1ccc2c(c1)Sc1ccc(-c3cc(-c4ccc5ccccc5c4)c4ccc5c(-c6ccc7c8c(cccc68)Sc6ccccc6-7)cc(-c6ccc7ccccc7c6)c6ccc3c4c65)c3cccc-2c13. The highest BCUT2D eigenvalue weighted by Crippen LogP contribution is 2.55. The fraction of sp³-hybridized carbons (Fsp3) is 0. The average molecular weight is 919 g/mol. The van der Waals surface area contributed by atoms with Crippen LogP contribution in [0.5, 0.6) is 0 Å². The van der Waals surface area contributed by atoms with Crippen LogP contribution in [0.15, 0.2) is 250 Å². The van der Waals surface area contributed by atoms with Crippen LogP contribution in [0.25, 0.3) is 142 Å². The van der Waals surface area contributed by atoms with Crippen molar-refractivity contribution in [3.63, 3.8) is 0 Å². The van der Waals surface area contributed by atoms with Crippen molar-refractivity contribution in [2.75, 3.05) is 0 Å². The summed E-state index contributed by atoms with van der Waals surface area (Å²) < 4.78 is 0. The third-order valence-electron chi connectivity index (χ3n) is 15.4. The summed E-state index contributed by atoms with van der Waals surface area (Å²) in [7, 11) is 0. The molecule has 2 aliphatic heterocycles. The van der Waals surface area contributed by atoms with E-state index in [1.807, 2.05) is 23.5 Å². The summed E-state index contributed by atoms with van der Waals surface area (Å²) in [6.07, 6.45) is 0. The van der Waals surface area contributed by atoms with Crippen molar-refractivity contribution in [3.05, 3.63) is 231 Å². The van der Waals surface area contributed by atoms with Gasteiger partial charge in [0.2, 0.25) is 0 Å². The van der Waals surface area contributed by atoms with Crippen LogP contribution in [0.4, 0.5) is 0 Å². The van der Waals surface area contributed by atoms with Crippen molar-refractivity contribution in [1.82, 2.24) is 0 Å². The van der Waals surface area contributed by atoms with Crippen molar-refractivity contribution < 1.29 is 0 Å². The maximum atomic E-state index is 2.51. The van der Waals surface area contributed by atoms with E-state index in [0.29, 0.717) is 0 Å². The van der Waals surface area contributed by atoms with E-state index >= 15 is 0 Å². The van der Waals surface area contributed by atoms with Crippen LogP contribution < -0.4 is 0 Å². The first kappa shape index (κ1) is 38.8. The van der Waals surface area contributed by atoms with E-state index in [-0.39, 0.29) is 0 Å². The smallest absolute Gasteiger partial charge is 0.0207 e. The topological polar surface area (TPSA) is 0 Å². The number of rotatable bonds is 4. The molecule has 0 saturated carbocycles. The van der Waals surface area contributed by atoms with E-state index in [9.17, 15) is 0 Å². The lowest BCUT2D eigenvalue weighted by Gasteiger charge is -2.25. The fourth-order valence-electron chi connectivity index (χ4n) is 12.3. The number of hydrogen-bond acceptors (Lipinski definition) is 2. The number of fused-ring (bicyclic) bond motifs is 6. The highest BCUT2D eigenvalue weighted by Gasteiger charge is 2.26. The first-order valence-corrected chi connectivity index (χ1v) is 25.8. The van der Waals surface area contributed by atoms with Gasteiger partial charge < -0.3 is 0 Å². The Balaban J connectivity index is 1.05. The Hall–Kier alpha value is -8.14. The Morgan fingerprint density at radius 2 is 0.571 bits per heavy atom. The molecule has 0 spiro atoms. The summed E-state index contributed by atoms with van der Waals surface area (Å²) in [5.74, 6) is 0. The van der Waals surface area contributed by atoms with Crippen molar-refractivity contribution in [2.45, 2.75) is 19.6 Å². The predicted octanol–water partition coefficient (Wildman–Crippen LogP) is 20.1. The van der Waals surface area contributed by atoms with Gasteiger partial charge in [-0.05, 0) is 180 Å². The third-order valence-corrected chi connectivity index (χ3v) is 17.7. The van der Waals surface area contributed by atoms with E-state index in [1.54, 1.807) is 0 Å². The zero-order valence-corrected chi connectivity index (χ0v) is 39.4. The maximum Gasteiger partial charge on any atom is 0.0207 e. The molecule has 0 N–H and O–H groups in total. The second-order valence-corrected chi connectivity index (χ2v) is 21.2. The van der Waals surface area contributed by atoms with Crippen LogP contribution in [0.2, 0.25) is 0 Å². The first-order chi connectivity index (χ1) is 34.7. The Bertz CT molecular complexity index is 4350. The van der Waals surface area contributed by atoms with Gasteiger partial charge in [0.25, 0.3) is 0 Å². The second-order valence-electron chi connectivity index (χ2n) is 19.0. The van der Waals surface area contributed by atoms with Crippen molar-refractivity contribution in [3.8, 4) is 66.8 Å². The molecule has 14 aromatic carbocycles. The molecule has 0 saturated heterocycles. The van der Waals surface area contributed by atoms with Gasteiger partial charge in [-0.15, -0.1) is 0 Å². The normalized spacial score (nSPS) is 12.7. The lowest BCUT2D eigenvalue weighted by molar-refractivity contribution is 1.40. The van der Waals surface area contributed by atoms with Gasteiger partial charge in [-0.1, -0.05) is 206 Å². The molecule has 70 heavy (non-hydrogen) atoms. The van der Waals surface area contributed by atoms with Gasteiger partial charge in [-0.3, -0.25) is 0 Å². The van der Waals surface area contributed by atoms with Crippen LogP contribution in [-0.2, 0) is 0 Å². The van der Waals surface area contributed by atoms with Crippen LogP contribution in [0.1, 0.15) is 0 Å². The molecule has 0 atom stereocenters. The van der Waals surface area contributed by atoms with Crippen molar-refractivity contribution in [1.29, 1.82) is 0 Å². The van der Waals surface area contributed by atoms with Gasteiger partial charge in [0.05, 0.1) is 0 Å². The number of hydrogen-bond donors (Lipinski definition) is 0. The molecule has 14 aromatic rings. The third kappa shape index (κ3) is 5.52. The van der Waals surface area contributed by atoms with E-state index in [4.69, 9.17) is 0 Å². The molecule has 0 bridgehead atoms. The standard InChI is InChI=1S/C68H38S2/c1-3-13-41-35-43(25-23-39(41)11-1)57-37-59(45-27-28-52-48-16-6-8-21-62(48)69-63-22-10-19-50(45)66(52)63)55-31-29-54-58(44-26-24-40-12-2-4-14-42(40)36-44)38-60(56-32-30-53(57)67(55)68(54)56)46-33-34-64-65-49(46)17-9-18-51(65)47-15-5-7-20-61(47)70-64/h1-38H. The molecule has 0 aliphatic carbocycles. The summed E-state index contributed by atoms with van der Waals surface area (Å²) in [5.41, 5.74) is 15.2. The highest BCUT2D eigenvalue weighted by molar-refractivity contribution is 8.00. The van der Waals surface area contributed by atoms with Gasteiger partial charge >= 0.3 is 0 Å². The van der Waals surface area contributed by atoms with Gasteiger partial charge in [-0.25, -0.2) is 0 Å². The summed E-state index contributed by atoms with van der Waals surface area (Å²) in [4.78, 5) is 5.25. The molecule has 0 amide bonds. The molecule has 0 radical (unpaired) electrons. The quantitative estimate of drug-likeness (QED) is 0.161. The summed E-state index contributed by atoms with van der Waals surface area (Å²) in [6.45, 7) is 0. The monoisotopic (exact) mass is 918 g/mol.